The lowest BCUT2D eigenvalue weighted by atomic mass is 9.85. The summed E-state index contributed by atoms with van der Waals surface area (Å²) in [6.45, 7) is 2.98. The van der Waals surface area contributed by atoms with Crippen LogP contribution in [0.5, 0.6) is 0 Å². The van der Waals surface area contributed by atoms with Gasteiger partial charge in [-0.2, -0.15) is 0 Å². The van der Waals surface area contributed by atoms with E-state index in [9.17, 15) is 4.79 Å². The minimum Gasteiger partial charge on any atom is -0.335 e. The smallest absolute Gasteiger partial charge is 0.254 e. The Morgan fingerprint density at radius 2 is 2.05 bits per heavy atom. The molecule has 0 aromatic heterocycles. The number of nitrogens with zero attached hydrogens (tertiary/aromatic N) is 1. The van der Waals surface area contributed by atoms with Gasteiger partial charge in [0.15, 0.2) is 0 Å². The third-order valence-corrected chi connectivity index (χ3v) is 5.57. The Balaban J connectivity index is 1.81. The van der Waals surface area contributed by atoms with Crippen LogP contribution < -0.4 is 0 Å². The first-order valence-electron chi connectivity index (χ1n) is 7.24. The quantitative estimate of drug-likeness (QED) is 0.760. The van der Waals surface area contributed by atoms with E-state index in [0.29, 0.717) is 6.04 Å². The van der Waals surface area contributed by atoms with Gasteiger partial charge in [-0.05, 0) is 55.9 Å². The van der Waals surface area contributed by atoms with Crippen LogP contribution in [0.15, 0.2) is 22.7 Å². The van der Waals surface area contributed by atoms with Crippen LogP contribution in [0.1, 0.15) is 48.0 Å². The fourth-order valence-corrected chi connectivity index (χ4v) is 3.85. The first-order valence-corrected chi connectivity index (χ1v) is 8.03. The Morgan fingerprint density at radius 1 is 1.26 bits per heavy atom. The normalized spacial score (nSPS) is 26.3. The molecule has 1 saturated heterocycles. The number of rotatable bonds is 1. The summed E-state index contributed by atoms with van der Waals surface area (Å²) in [6, 6.07) is 6.43. The van der Waals surface area contributed by atoms with Gasteiger partial charge in [0.25, 0.3) is 5.91 Å². The number of hydrogen-bond acceptors (Lipinski definition) is 1. The highest BCUT2D eigenvalue weighted by Crippen LogP contribution is 2.37. The number of hydrogen-bond donors (Lipinski definition) is 0. The maximum absolute atomic E-state index is 12.7. The molecular weight excluding hydrogens is 302 g/mol. The van der Waals surface area contributed by atoms with Gasteiger partial charge >= 0.3 is 0 Å². The molecule has 0 spiro atoms. The highest BCUT2D eigenvalue weighted by Gasteiger charge is 2.38. The molecule has 0 N–H and O–H groups in total. The molecular formula is C16H20BrNO. The molecule has 0 bridgehead atoms. The zero-order chi connectivity index (χ0) is 13.4. The number of halogens is 1. The van der Waals surface area contributed by atoms with Gasteiger partial charge < -0.3 is 4.90 Å². The summed E-state index contributed by atoms with van der Waals surface area (Å²) in [5.41, 5.74) is 1.97. The highest BCUT2D eigenvalue weighted by atomic mass is 79.9. The van der Waals surface area contributed by atoms with Crippen LogP contribution in [0.2, 0.25) is 0 Å². The lowest BCUT2D eigenvalue weighted by Crippen LogP contribution is -2.39. The number of aryl methyl sites for hydroxylation is 1. The van der Waals surface area contributed by atoms with Gasteiger partial charge in [0.1, 0.15) is 0 Å². The summed E-state index contributed by atoms with van der Waals surface area (Å²) in [4.78, 5) is 14.8. The second-order valence-corrected chi connectivity index (χ2v) is 6.72. The SMILES string of the molecule is Cc1cc(C(=O)N2CCC3CCCCC32)ccc1Br. The van der Waals surface area contributed by atoms with Crippen molar-refractivity contribution in [2.45, 2.75) is 45.1 Å². The van der Waals surface area contributed by atoms with Crippen LogP contribution >= 0.6 is 15.9 Å². The van der Waals surface area contributed by atoms with Crippen molar-refractivity contribution in [2.24, 2.45) is 5.92 Å². The first-order chi connectivity index (χ1) is 9.16. The molecule has 1 heterocycles. The Kier molecular flexibility index (Phi) is 3.66. The van der Waals surface area contributed by atoms with Gasteiger partial charge in [0, 0.05) is 22.6 Å². The minimum absolute atomic E-state index is 0.227. The van der Waals surface area contributed by atoms with Crippen LogP contribution in [-0.4, -0.2) is 23.4 Å². The molecule has 1 saturated carbocycles. The molecule has 1 aliphatic heterocycles. The molecule has 2 aliphatic rings. The molecule has 2 unspecified atom stereocenters. The van der Waals surface area contributed by atoms with Crippen LogP contribution in [0, 0.1) is 12.8 Å². The zero-order valence-electron chi connectivity index (χ0n) is 11.4. The number of carbonyl (C=O) groups excluding carboxylic acids is 1. The van der Waals surface area contributed by atoms with Crippen molar-refractivity contribution in [1.29, 1.82) is 0 Å². The Labute approximate surface area is 123 Å². The number of fused-ring (bicyclic) bond motifs is 1. The van der Waals surface area contributed by atoms with Gasteiger partial charge in [-0.25, -0.2) is 0 Å². The largest absolute Gasteiger partial charge is 0.335 e. The number of likely N-dealkylation sites (tertiary alicyclic amines) is 1. The van der Waals surface area contributed by atoms with E-state index >= 15 is 0 Å². The van der Waals surface area contributed by atoms with Crippen molar-refractivity contribution in [1.82, 2.24) is 4.90 Å². The number of carbonyl (C=O) groups is 1. The van der Waals surface area contributed by atoms with E-state index in [-0.39, 0.29) is 5.91 Å². The molecule has 3 heteroatoms. The zero-order valence-corrected chi connectivity index (χ0v) is 12.9. The van der Waals surface area contributed by atoms with Gasteiger partial charge in [-0.15, -0.1) is 0 Å². The molecule has 1 amide bonds. The summed E-state index contributed by atoms with van der Waals surface area (Å²) in [6.07, 6.45) is 6.34. The highest BCUT2D eigenvalue weighted by molar-refractivity contribution is 9.10. The van der Waals surface area contributed by atoms with Crippen LogP contribution in [-0.2, 0) is 0 Å². The van der Waals surface area contributed by atoms with Crippen molar-refractivity contribution in [3.63, 3.8) is 0 Å². The van der Waals surface area contributed by atoms with E-state index in [1.54, 1.807) is 0 Å². The number of amides is 1. The maximum Gasteiger partial charge on any atom is 0.254 e. The third-order valence-electron chi connectivity index (χ3n) is 4.68. The topological polar surface area (TPSA) is 20.3 Å². The Bertz CT molecular complexity index is 500. The molecule has 1 aromatic carbocycles. The molecule has 2 nitrogen and oxygen atoms in total. The molecule has 3 rings (SSSR count). The minimum atomic E-state index is 0.227. The van der Waals surface area contributed by atoms with Crippen molar-refractivity contribution in [3.8, 4) is 0 Å². The Morgan fingerprint density at radius 3 is 2.84 bits per heavy atom. The van der Waals surface area contributed by atoms with Gasteiger partial charge in [-0.3, -0.25) is 4.79 Å². The second kappa shape index (κ2) is 5.28. The average molecular weight is 322 g/mol. The monoisotopic (exact) mass is 321 g/mol. The fourth-order valence-electron chi connectivity index (χ4n) is 3.60. The number of benzene rings is 1. The second-order valence-electron chi connectivity index (χ2n) is 5.86. The molecule has 19 heavy (non-hydrogen) atoms. The molecule has 102 valence electrons. The van der Waals surface area contributed by atoms with Gasteiger partial charge in [-0.1, -0.05) is 28.8 Å². The van der Waals surface area contributed by atoms with Crippen molar-refractivity contribution in [3.05, 3.63) is 33.8 Å². The third kappa shape index (κ3) is 2.45. The molecule has 1 aromatic rings. The fraction of sp³-hybridized carbons (Fsp3) is 0.562. The van der Waals surface area contributed by atoms with E-state index in [1.807, 2.05) is 25.1 Å². The van der Waals surface area contributed by atoms with E-state index in [4.69, 9.17) is 0 Å². The van der Waals surface area contributed by atoms with Crippen LogP contribution in [0.3, 0.4) is 0 Å². The summed E-state index contributed by atoms with van der Waals surface area (Å²) in [7, 11) is 0. The van der Waals surface area contributed by atoms with Crippen molar-refractivity contribution < 1.29 is 4.79 Å². The summed E-state index contributed by atoms with van der Waals surface area (Å²) in [5.74, 6) is 0.985. The predicted octanol–water partition coefficient (Wildman–Crippen LogP) is 4.16. The van der Waals surface area contributed by atoms with E-state index in [1.165, 1.54) is 32.1 Å². The lowest BCUT2D eigenvalue weighted by molar-refractivity contribution is 0.0690. The van der Waals surface area contributed by atoms with Crippen molar-refractivity contribution in [2.75, 3.05) is 6.54 Å². The van der Waals surface area contributed by atoms with Crippen molar-refractivity contribution >= 4 is 21.8 Å². The molecule has 0 radical (unpaired) electrons. The average Bonchev–Trinajstić information content (AvgIpc) is 2.85. The Hall–Kier alpha value is -0.830. The van der Waals surface area contributed by atoms with Gasteiger partial charge in [0.2, 0.25) is 0 Å². The van der Waals surface area contributed by atoms with E-state index < -0.39 is 0 Å². The van der Waals surface area contributed by atoms with Crippen LogP contribution in [0.4, 0.5) is 0 Å². The summed E-state index contributed by atoms with van der Waals surface area (Å²) in [5, 5.41) is 0. The standard InChI is InChI=1S/C16H20BrNO/c1-11-10-13(6-7-14(11)17)16(19)18-9-8-12-4-2-3-5-15(12)18/h6-7,10,12,15H,2-5,8-9H2,1H3. The van der Waals surface area contributed by atoms with Gasteiger partial charge in [0.05, 0.1) is 0 Å². The lowest BCUT2D eigenvalue weighted by Gasteiger charge is -2.31. The van der Waals surface area contributed by atoms with E-state index in [2.05, 4.69) is 20.8 Å². The maximum atomic E-state index is 12.7. The predicted molar refractivity (Wildman–Crippen MR) is 80.3 cm³/mol. The van der Waals surface area contributed by atoms with E-state index in [0.717, 1.165) is 28.1 Å². The molecule has 2 atom stereocenters. The first kappa shape index (κ1) is 13.2. The summed E-state index contributed by atoms with van der Waals surface area (Å²) < 4.78 is 1.07. The molecule has 1 aliphatic carbocycles. The van der Waals surface area contributed by atoms with Crippen LogP contribution in [0.25, 0.3) is 0 Å². The molecule has 2 fully saturated rings. The summed E-state index contributed by atoms with van der Waals surface area (Å²) >= 11 is 3.49.